The second kappa shape index (κ2) is 20.7. The lowest BCUT2D eigenvalue weighted by Gasteiger charge is -2.23. The molecule has 296 valence electrons. The Kier molecular flexibility index (Phi) is 16.1. The van der Waals surface area contributed by atoms with Crippen molar-refractivity contribution in [1.82, 2.24) is 35.5 Å². The summed E-state index contributed by atoms with van der Waals surface area (Å²) in [7, 11) is 3.44. The van der Waals surface area contributed by atoms with Gasteiger partial charge in [-0.2, -0.15) is 0 Å². The lowest BCUT2D eigenvalue weighted by atomic mass is 9.98. The van der Waals surface area contributed by atoms with Gasteiger partial charge in [-0.3, -0.25) is 4.90 Å². The van der Waals surface area contributed by atoms with Gasteiger partial charge >= 0.3 is 6.09 Å². The fraction of sp³-hybridized carbons (Fsp3) is 0.442. The number of carbonyl (C=O) groups is 2. The Morgan fingerprint density at radius 1 is 0.982 bits per heavy atom. The first-order valence-corrected chi connectivity index (χ1v) is 19.3. The average Bonchev–Trinajstić information content (AvgIpc) is 3.98. The highest BCUT2D eigenvalue weighted by molar-refractivity contribution is 5.90. The molecule has 3 atom stereocenters. The quantitative estimate of drug-likeness (QED) is 0.0562. The van der Waals surface area contributed by atoms with Crippen LogP contribution in [-0.2, 0) is 20.8 Å². The predicted octanol–water partition coefficient (Wildman–Crippen LogP) is 7.87. The lowest BCUT2D eigenvalue weighted by Crippen LogP contribution is -2.40. The molecule has 3 aromatic carbocycles. The Morgan fingerprint density at radius 2 is 1.60 bits per heavy atom. The zero-order valence-corrected chi connectivity index (χ0v) is 33.6. The summed E-state index contributed by atoms with van der Waals surface area (Å²) in [5.41, 5.74) is 6.60. The molecule has 0 saturated carbocycles. The highest BCUT2D eigenvalue weighted by atomic mass is 16.6. The number of methoxy groups -OCH3 is 1. The molecular weight excluding hydrogens is 695 g/mol. The number of hydrogen-bond donors (Lipinski definition) is 5. The van der Waals surface area contributed by atoms with Gasteiger partial charge in [0.2, 0.25) is 0 Å². The van der Waals surface area contributed by atoms with Gasteiger partial charge in [-0.25, -0.2) is 14.8 Å². The number of H-pyrrole nitrogens is 2. The summed E-state index contributed by atoms with van der Waals surface area (Å²) in [6, 6.07) is 21.7. The molecule has 1 fully saturated rings. The molecule has 1 saturated heterocycles. The average molecular weight is 754 g/mol. The number of ether oxygens (including phenoxy) is 2. The summed E-state index contributed by atoms with van der Waals surface area (Å²) in [6.45, 7) is 13.9. The van der Waals surface area contributed by atoms with Gasteiger partial charge in [0.15, 0.2) is 5.79 Å². The first-order chi connectivity index (χ1) is 26.5. The van der Waals surface area contributed by atoms with Crippen LogP contribution in [-0.4, -0.2) is 88.0 Å². The van der Waals surface area contributed by atoms with Gasteiger partial charge < -0.3 is 40.0 Å². The Bertz CT molecular complexity index is 1940. The van der Waals surface area contributed by atoms with Crippen molar-refractivity contribution in [3.63, 3.8) is 0 Å². The standard InChI is InChI=1S/C34H40N6O2.C7H13NO3.C2H6/c1-4-16-42-34(2,41)22-35-21-32-36-19-29(38-32)24-9-7-23(8-10-24)25-11-12-27-18-28(14-13-26(27)17-25)30-20-37-33(39-30)31-6-5-15-40(31)3;1-5(2)6(4-9)8-7(10)11-3;1-2/h7-14,17-20,31,35,41H,4-6,15-16,21-22H2,1-3H3,(H,36,38)(H,37,39);4-6H,1-3H3,(H,8,10);1-2H3/t31-,34?;6-;/m01./s1. The summed E-state index contributed by atoms with van der Waals surface area (Å²) in [5, 5.41) is 18.3. The third-order valence-corrected chi connectivity index (χ3v) is 9.44. The SMILES string of the molecule is CC.CCCOC(C)(O)CNCc1ncc(-c2ccc(-c3ccc4cc(-c5cnc([C@@H]6CCCN6C)[nH]5)ccc4c3)cc2)[nH]1.COC(=O)N[C@H](C=O)C(C)C. The van der Waals surface area contributed by atoms with E-state index < -0.39 is 17.9 Å². The van der Waals surface area contributed by atoms with Crippen LogP contribution in [0.4, 0.5) is 4.79 Å². The summed E-state index contributed by atoms with van der Waals surface area (Å²) < 4.78 is 9.79. The molecule has 1 amide bonds. The molecule has 2 aromatic heterocycles. The Hall–Kier alpha value is -4.88. The number of aromatic amines is 2. The second-order valence-electron chi connectivity index (χ2n) is 14.1. The molecule has 12 heteroatoms. The van der Waals surface area contributed by atoms with Crippen molar-refractivity contribution in [1.29, 1.82) is 0 Å². The van der Waals surface area contributed by atoms with Gasteiger partial charge in [-0.15, -0.1) is 0 Å². The molecule has 1 unspecified atom stereocenters. The van der Waals surface area contributed by atoms with Crippen molar-refractivity contribution in [2.45, 2.75) is 85.2 Å². The monoisotopic (exact) mass is 753 g/mol. The third kappa shape index (κ3) is 12.1. The number of benzene rings is 3. The number of imidazole rings is 2. The van der Waals surface area contributed by atoms with Crippen LogP contribution in [0.25, 0.3) is 44.4 Å². The van der Waals surface area contributed by atoms with Crippen LogP contribution < -0.4 is 10.6 Å². The maximum absolute atomic E-state index is 10.6. The van der Waals surface area contributed by atoms with Gasteiger partial charge in [0.1, 0.15) is 17.9 Å². The first kappa shape index (κ1) is 42.9. The number of aromatic nitrogens is 4. The number of aliphatic hydroxyl groups is 1. The first-order valence-electron chi connectivity index (χ1n) is 19.3. The minimum Gasteiger partial charge on any atom is -0.453 e. The maximum Gasteiger partial charge on any atom is 0.407 e. The number of nitrogens with one attached hydrogen (secondary N) is 4. The Balaban J connectivity index is 0.000000448. The van der Waals surface area contributed by atoms with E-state index in [4.69, 9.17) is 9.72 Å². The van der Waals surface area contributed by atoms with Gasteiger partial charge in [-0.05, 0) is 85.3 Å². The minimum atomic E-state index is -1.19. The van der Waals surface area contributed by atoms with E-state index in [0.717, 1.165) is 53.5 Å². The van der Waals surface area contributed by atoms with E-state index in [2.05, 4.69) is 103 Å². The minimum absolute atomic E-state index is 0.0894. The highest BCUT2D eigenvalue weighted by Gasteiger charge is 2.25. The molecule has 0 bridgehead atoms. The van der Waals surface area contributed by atoms with Gasteiger partial charge in [0.25, 0.3) is 0 Å². The molecule has 1 aliphatic rings. The van der Waals surface area contributed by atoms with E-state index in [-0.39, 0.29) is 5.92 Å². The highest BCUT2D eigenvalue weighted by Crippen LogP contribution is 2.32. The number of alkyl carbamates (subject to hydrolysis) is 1. The number of rotatable bonds is 14. The number of carbonyl (C=O) groups excluding carboxylic acids is 2. The summed E-state index contributed by atoms with van der Waals surface area (Å²) in [5.74, 6) is 0.773. The van der Waals surface area contributed by atoms with Crippen LogP contribution in [0, 0.1) is 5.92 Å². The fourth-order valence-electron chi connectivity index (χ4n) is 6.28. The zero-order chi connectivity index (χ0) is 40.0. The molecule has 5 aromatic rings. The molecular formula is C43H59N7O5. The summed E-state index contributed by atoms with van der Waals surface area (Å²) >= 11 is 0. The van der Waals surface area contributed by atoms with E-state index >= 15 is 0 Å². The van der Waals surface area contributed by atoms with E-state index in [0.29, 0.717) is 32.0 Å². The fourth-order valence-corrected chi connectivity index (χ4v) is 6.28. The molecule has 6 rings (SSSR count). The Morgan fingerprint density at radius 3 is 2.22 bits per heavy atom. The Labute approximate surface area is 325 Å². The smallest absolute Gasteiger partial charge is 0.407 e. The molecule has 12 nitrogen and oxygen atoms in total. The largest absolute Gasteiger partial charge is 0.453 e. The maximum atomic E-state index is 10.6. The van der Waals surface area contributed by atoms with Crippen LogP contribution in [0.3, 0.4) is 0 Å². The van der Waals surface area contributed by atoms with E-state index in [9.17, 15) is 14.7 Å². The van der Waals surface area contributed by atoms with Crippen molar-refractivity contribution in [2.24, 2.45) is 5.92 Å². The number of fused-ring (bicyclic) bond motifs is 1. The number of hydrogen-bond acceptors (Lipinski definition) is 9. The van der Waals surface area contributed by atoms with Crippen LogP contribution in [0.5, 0.6) is 0 Å². The molecule has 1 aliphatic heterocycles. The molecule has 55 heavy (non-hydrogen) atoms. The van der Waals surface area contributed by atoms with Crippen LogP contribution >= 0.6 is 0 Å². The van der Waals surface area contributed by atoms with Crippen LogP contribution in [0.1, 0.15) is 78.5 Å². The molecule has 0 spiro atoms. The van der Waals surface area contributed by atoms with E-state index in [1.54, 1.807) is 6.92 Å². The topological polar surface area (TPSA) is 157 Å². The molecule has 5 N–H and O–H groups in total. The summed E-state index contributed by atoms with van der Waals surface area (Å²) in [6.07, 6.45) is 7.18. The number of likely N-dealkylation sites (tertiary alicyclic amines) is 1. The van der Waals surface area contributed by atoms with Gasteiger partial charge in [0, 0.05) is 18.7 Å². The number of nitrogens with zero attached hydrogens (tertiary/aromatic N) is 3. The summed E-state index contributed by atoms with van der Waals surface area (Å²) in [4.78, 5) is 39.4. The van der Waals surface area contributed by atoms with E-state index in [1.807, 2.05) is 47.0 Å². The predicted molar refractivity (Wildman–Crippen MR) is 219 cm³/mol. The van der Waals surface area contributed by atoms with Crippen molar-refractivity contribution in [2.75, 3.05) is 33.9 Å². The number of aldehydes is 1. The van der Waals surface area contributed by atoms with Crippen LogP contribution in [0.15, 0.2) is 73.1 Å². The van der Waals surface area contributed by atoms with Gasteiger partial charge in [0.05, 0.1) is 49.5 Å². The normalized spacial score (nSPS) is 15.7. The van der Waals surface area contributed by atoms with Crippen molar-refractivity contribution >= 4 is 23.2 Å². The molecule has 0 radical (unpaired) electrons. The molecule has 3 heterocycles. The van der Waals surface area contributed by atoms with Crippen molar-refractivity contribution in [3.05, 3.63) is 84.7 Å². The van der Waals surface area contributed by atoms with E-state index in [1.165, 1.54) is 35.4 Å². The van der Waals surface area contributed by atoms with Gasteiger partial charge in [-0.1, -0.05) is 83.1 Å². The number of amides is 1. The second-order valence-corrected chi connectivity index (χ2v) is 14.1. The third-order valence-electron chi connectivity index (χ3n) is 9.44. The zero-order valence-electron chi connectivity index (χ0n) is 33.6. The van der Waals surface area contributed by atoms with Crippen molar-refractivity contribution < 1.29 is 24.2 Å². The van der Waals surface area contributed by atoms with Crippen LogP contribution in [0.2, 0.25) is 0 Å². The lowest BCUT2D eigenvalue weighted by molar-refractivity contribution is -0.186. The van der Waals surface area contributed by atoms with Crippen molar-refractivity contribution in [3.8, 4) is 33.6 Å². The molecule has 0 aliphatic carbocycles.